The summed E-state index contributed by atoms with van der Waals surface area (Å²) in [6, 6.07) is 0. The molecule has 0 aromatic carbocycles. The Hall–Kier alpha value is -0.290. The second-order valence-corrected chi connectivity index (χ2v) is 4.90. The minimum absolute atomic E-state index is 0.160. The third kappa shape index (κ3) is 4.84. The maximum Gasteiger partial charge on any atom is 0.405 e. The molecule has 15 heavy (non-hydrogen) atoms. The number of primary amides is 1. The molecule has 0 radical (unpaired) electrons. The molecule has 0 heterocycles. The van der Waals surface area contributed by atoms with Crippen LogP contribution < -0.4 is 5.73 Å². The van der Waals surface area contributed by atoms with Crippen molar-refractivity contribution in [3.05, 3.63) is 0 Å². The Balaban J connectivity index is 4.68. The summed E-state index contributed by atoms with van der Waals surface area (Å²) in [7, 11) is -3.54. The highest BCUT2D eigenvalue weighted by Crippen LogP contribution is 2.53. The normalized spacial score (nSPS) is 13.5. The number of carbonyl (C=O) groups is 1. The minimum Gasteiger partial charge on any atom is -0.432 e. The van der Waals surface area contributed by atoms with Crippen molar-refractivity contribution < 1.29 is 23.1 Å². The van der Waals surface area contributed by atoms with E-state index in [1.54, 1.807) is 13.8 Å². The van der Waals surface area contributed by atoms with Crippen molar-refractivity contribution in [2.24, 2.45) is 5.73 Å². The summed E-state index contributed by atoms with van der Waals surface area (Å²) in [5, 5.41) is 0. The molecule has 0 spiro atoms. The maximum atomic E-state index is 12.0. The Morgan fingerprint density at radius 2 is 1.87 bits per heavy atom. The smallest absolute Gasteiger partial charge is 0.405 e. The van der Waals surface area contributed by atoms with Crippen LogP contribution >= 0.6 is 19.2 Å². The van der Waals surface area contributed by atoms with E-state index in [2.05, 4.69) is 4.74 Å². The fraction of sp³-hybridized carbons (Fsp3) is 0.857. The summed E-state index contributed by atoms with van der Waals surface area (Å²) in [6.07, 6.45) is -1.07. The second kappa shape index (κ2) is 7.06. The van der Waals surface area contributed by atoms with E-state index in [0.717, 1.165) is 0 Å². The van der Waals surface area contributed by atoms with Gasteiger partial charge in [-0.25, -0.2) is 4.79 Å². The summed E-state index contributed by atoms with van der Waals surface area (Å²) in [5.74, 6) is -1.38. The van der Waals surface area contributed by atoms with Crippen molar-refractivity contribution >= 4 is 25.3 Å². The molecule has 0 saturated carbocycles. The summed E-state index contributed by atoms with van der Waals surface area (Å²) in [4.78, 5) is 10.5. The number of alkyl halides is 1. The Bertz CT molecular complexity index is 240. The lowest BCUT2D eigenvalue weighted by Gasteiger charge is -2.23. The van der Waals surface area contributed by atoms with Crippen LogP contribution in [0.4, 0.5) is 4.79 Å². The number of carbonyl (C=O) groups excluding carboxylic acids is 1. The lowest BCUT2D eigenvalue weighted by atomic mass is 10.8. The molecular formula is C7H15ClNO5P. The van der Waals surface area contributed by atoms with E-state index < -0.39 is 19.5 Å². The summed E-state index contributed by atoms with van der Waals surface area (Å²) in [5.41, 5.74) is 4.81. The Morgan fingerprint density at radius 1 is 1.40 bits per heavy atom. The van der Waals surface area contributed by atoms with E-state index in [1.807, 2.05) is 0 Å². The topological polar surface area (TPSA) is 87.8 Å². The van der Waals surface area contributed by atoms with Crippen molar-refractivity contribution in [2.45, 2.75) is 19.7 Å². The average molecular weight is 260 g/mol. The number of amides is 1. The van der Waals surface area contributed by atoms with E-state index in [9.17, 15) is 9.36 Å². The first-order chi connectivity index (χ1) is 7.00. The molecule has 0 aliphatic carbocycles. The van der Waals surface area contributed by atoms with Crippen LogP contribution in [0.3, 0.4) is 0 Å². The van der Waals surface area contributed by atoms with E-state index in [4.69, 9.17) is 26.4 Å². The maximum absolute atomic E-state index is 12.0. The molecule has 0 bridgehead atoms. The third-order valence-electron chi connectivity index (χ3n) is 1.35. The molecule has 8 heteroatoms. The van der Waals surface area contributed by atoms with Gasteiger partial charge in [-0.2, -0.15) is 0 Å². The standard InChI is InChI=1S/C7H15ClNO5P/c1-3-12-15(11,13-4-2)6(5-8)14-7(9)10/h6H,3-5H2,1-2H3,(H2,9,10). The zero-order valence-electron chi connectivity index (χ0n) is 8.64. The van der Waals surface area contributed by atoms with Gasteiger partial charge in [0.1, 0.15) is 0 Å². The van der Waals surface area contributed by atoms with Crippen LogP contribution in [-0.2, 0) is 18.3 Å². The Morgan fingerprint density at radius 3 is 2.13 bits per heavy atom. The third-order valence-corrected chi connectivity index (χ3v) is 4.08. The second-order valence-electron chi connectivity index (χ2n) is 2.42. The predicted molar refractivity (Wildman–Crippen MR) is 56.0 cm³/mol. The monoisotopic (exact) mass is 259 g/mol. The molecule has 0 aromatic heterocycles. The van der Waals surface area contributed by atoms with Crippen LogP contribution in [0.1, 0.15) is 13.8 Å². The quantitative estimate of drug-likeness (QED) is 0.557. The first kappa shape index (κ1) is 14.7. The van der Waals surface area contributed by atoms with Crippen LogP contribution in [-0.4, -0.2) is 31.0 Å². The highest BCUT2D eigenvalue weighted by Gasteiger charge is 2.37. The Labute approximate surface area is 93.5 Å². The molecule has 1 amide bonds. The van der Waals surface area contributed by atoms with E-state index in [-0.39, 0.29) is 19.1 Å². The van der Waals surface area contributed by atoms with Crippen LogP contribution in [0.25, 0.3) is 0 Å². The molecule has 90 valence electrons. The highest BCUT2D eigenvalue weighted by atomic mass is 35.5. The number of nitrogens with two attached hydrogens (primary N) is 1. The SMILES string of the molecule is CCOP(=O)(OCC)C(CCl)OC(N)=O. The molecule has 1 atom stereocenters. The van der Waals surface area contributed by atoms with Gasteiger partial charge < -0.3 is 19.5 Å². The number of rotatable bonds is 7. The van der Waals surface area contributed by atoms with Gasteiger partial charge in [0.15, 0.2) is 0 Å². The van der Waals surface area contributed by atoms with E-state index >= 15 is 0 Å². The number of hydrogen-bond donors (Lipinski definition) is 1. The molecule has 0 saturated heterocycles. The fourth-order valence-corrected chi connectivity index (χ4v) is 2.98. The van der Waals surface area contributed by atoms with Crippen LogP contribution in [0.2, 0.25) is 0 Å². The lowest BCUT2D eigenvalue weighted by Crippen LogP contribution is -2.26. The molecular weight excluding hydrogens is 245 g/mol. The lowest BCUT2D eigenvalue weighted by molar-refractivity contribution is 0.118. The molecule has 1 unspecified atom stereocenters. The zero-order chi connectivity index (χ0) is 11.9. The van der Waals surface area contributed by atoms with E-state index in [0.29, 0.717) is 0 Å². The molecule has 0 fully saturated rings. The molecule has 0 rings (SSSR count). The number of ether oxygens (including phenoxy) is 1. The van der Waals surface area contributed by atoms with Crippen LogP contribution in [0.15, 0.2) is 0 Å². The van der Waals surface area contributed by atoms with Crippen molar-refractivity contribution in [2.75, 3.05) is 19.1 Å². The van der Waals surface area contributed by atoms with Gasteiger partial charge in [0.25, 0.3) is 0 Å². The largest absolute Gasteiger partial charge is 0.432 e. The number of hydrogen-bond acceptors (Lipinski definition) is 5. The van der Waals surface area contributed by atoms with Gasteiger partial charge in [-0.1, -0.05) is 0 Å². The first-order valence-corrected chi connectivity index (χ1v) is 6.55. The van der Waals surface area contributed by atoms with Crippen LogP contribution in [0, 0.1) is 0 Å². The summed E-state index contributed by atoms with van der Waals surface area (Å²) < 4.78 is 26.5. The van der Waals surface area contributed by atoms with Gasteiger partial charge in [-0.3, -0.25) is 4.57 Å². The van der Waals surface area contributed by atoms with Gasteiger partial charge in [0.2, 0.25) is 5.85 Å². The highest BCUT2D eigenvalue weighted by molar-refractivity contribution is 7.54. The molecule has 0 aromatic rings. The van der Waals surface area contributed by atoms with Crippen molar-refractivity contribution in [3.63, 3.8) is 0 Å². The van der Waals surface area contributed by atoms with Crippen LogP contribution in [0.5, 0.6) is 0 Å². The predicted octanol–water partition coefficient (Wildman–Crippen LogP) is 1.91. The fourth-order valence-electron chi connectivity index (χ4n) is 0.878. The van der Waals surface area contributed by atoms with Gasteiger partial charge >= 0.3 is 13.7 Å². The van der Waals surface area contributed by atoms with Crippen molar-refractivity contribution in [1.82, 2.24) is 0 Å². The Kier molecular flexibility index (Phi) is 6.92. The average Bonchev–Trinajstić information content (AvgIpc) is 2.14. The van der Waals surface area contributed by atoms with Crippen molar-refractivity contribution in [1.29, 1.82) is 0 Å². The van der Waals surface area contributed by atoms with Gasteiger partial charge in [-0.05, 0) is 13.8 Å². The zero-order valence-corrected chi connectivity index (χ0v) is 10.3. The number of halogens is 1. The molecule has 0 aliphatic rings. The van der Waals surface area contributed by atoms with Gasteiger partial charge in [0.05, 0.1) is 19.1 Å². The minimum atomic E-state index is -3.54. The van der Waals surface area contributed by atoms with Crippen molar-refractivity contribution in [3.8, 4) is 0 Å². The molecule has 6 nitrogen and oxygen atoms in total. The molecule has 2 N–H and O–H groups in total. The summed E-state index contributed by atoms with van der Waals surface area (Å²) in [6.45, 7) is 3.60. The van der Waals surface area contributed by atoms with Gasteiger partial charge in [-0.15, -0.1) is 11.6 Å². The molecule has 0 aliphatic heterocycles. The van der Waals surface area contributed by atoms with Gasteiger partial charge in [0, 0.05) is 0 Å². The summed E-state index contributed by atoms with van der Waals surface area (Å²) >= 11 is 5.50. The van der Waals surface area contributed by atoms with E-state index in [1.165, 1.54) is 0 Å². The first-order valence-electron chi connectivity index (χ1n) is 4.41.